The molecule has 2 aliphatic rings. The summed E-state index contributed by atoms with van der Waals surface area (Å²) in [5.41, 5.74) is 1.18. The molecular weight excluding hydrogens is 358 g/mol. The van der Waals surface area contributed by atoms with Crippen LogP contribution in [0, 0.1) is 11.8 Å². The normalized spacial score (nSPS) is 19.8. The summed E-state index contributed by atoms with van der Waals surface area (Å²) in [6.45, 7) is 3.29. The van der Waals surface area contributed by atoms with Crippen LogP contribution >= 0.6 is 0 Å². The predicted molar refractivity (Wildman–Crippen MR) is 108 cm³/mol. The second-order valence-electron chi connectivity index (χ2n) is 8.05. The minimum absolute atomic E-state index is 0.0896. The van der Waals surface area contributed by atoms with Crippen molar-refractivity contribution in [2.24, 2.45) is 11.8 Å². The Hall–Kier alpha value is -1.62. The summed E-state index contributed by atoms with van der Waals surface area (Å²) in [6.07, 6.45) is 11.8. The van der Waals surface area contributed by atoms with Crippen molar-refractivity contribution < 1.29 is 13.2 Å². The Kier molecular flexibility index (Phi) is 6.74. The fraction of sp³-hybridized carbons (Fsp3) is 0.591. The Morgan fingerprint density at radius 1 is 1.07 bits per heavy atom. The zero-order valence-corrected chi connectivity index (χ0v) is 17.1. The minimum atomic E-state index is -3.25. The van der Waals surface area contributed by atoms with Crippen molar-refractivity contribution in [2.45, 2.75) is 56.8 Å². The van der Waals surface area contributed by atoms with Gasteiger partial charge in [0.15, 0.2) is 9.84 Å². The molecule has 1 aromatic rings. The highest BCUT2D eigenvalue weighted by molar-refractivity contribution is 7.91. The zero-order chi connectivity index (χ0) is 19.3. The summed E-state index contributed by atoms with van der Waals surface area (Å²) in [7, 11) is -3.25. The number of piperidine rings is 1. The van der Waals surface area contributed by atoms with Crippen LogP contribution in [0.4, 0.5) is 0 Å². The van der Waals surface area contributed by atoms with Gasteiger partial charge < -0.3 is 4.90 Å². The molecule has 1 aliphatic carbocycles. The number of likely N-dealkylation sites (tertiary alicyclic amines) is 1. The first-order valence-electron chi connectivity index (χ1n) is 10.2. The maximum atomic E-state index is 12.5. The lowest BCUT2D eigenvalue weighted by atomic mass is 9.90. The minimum Gasteiger partial charge on any atom is -0.343 e. The molecule has 0 aromatic heterocycles. The smallest absolute Gasteiger partial charge is 0.219 e. The number of hydrogen-bond donors (Lipinski definition) is 0. The van der Waals surface area contributed by atoms with Crippen LogP contribution in [0.15, 0.2) is 41.3 Å². The SMILES string of the molecule is CC(=O)N1CCC(Cc2ccc(S(=O)(=O)CC=CC3CCCC3)cc2)CC1. The van der Waals surface area contributed by atoms with E-state index in [1.807, 2.05) is 23.1 Å². The molecule has 1 amide bonds. The lowest BCUT2D eigenvalue weighted by molar-refractivity contribution is -0.130. The molecule has 0 unspecified atom stereocenters. The Morgan fingerprint density at radius 3 is 2.30 bits per heavy atom. The van der Waals surface area contributed by atoms with E-state index in [-0.39, 0.29) is 11.7 Å². The van der Waals surface area contributed by atoms with Gasteiger partial charge in [-0.05, 0) is 61.6 Å². The summed E-state index contributed by atoms with van der Waals surface area (Å²) in [5, 5.41) is 0. The molecule has 27 heavy (non-hydrogen) atoms. The van der Waals surface area contributed by atoms with Crippen molar-refractivity contribution in [3.63, 3.8) is 0 Å². The van der Waals surface area contributed by atoms with Crippen LogP contribution < -0.4 is 0 Å². The van der Waals surface area contributed by atoms with Crippen LogP contribution in [0.1, 0.15) is 51.0 Å². The largest absolute Gasteiger partial charge is 0.343 e. The van der Waals surface area contributed by atoms with Crippen molar-refractivity contribution in [2.75, 3.05) is 18.8 Å². The number of benzene rings is 1. The number of amides is 1. The summed E-state index contributed by atoms with van der Waals surface area (Å²) in [6, 6.07) is 7.40. The molecule has 5 heteroatoms. The molecule has 0 N–H and O–H groups in total. The van der Waals surface area contributed by atoms with Gasteiger partial charge in [-0.25, -0.2) is 8.42 Å². The fourth-order valence-electron chi connectivity index (χ4n) is 4.24. The van der Waals surface area contributed by atoms with E-state index in [4.69, 9.17) is 0 Å². The molecule has 0 spiro atoms. The molecule has 1 aromatic carbocycles. The first kappa shape index (κ1) is 20.1. The van der Waals surface area contributed by atoms with E-state index in [1.54, 1.807) is 19.1 Å². The van der Waals surface area contributed by atoms with Gasteiger partial charge in [0.1, 0.15) is 0 Å². The second-order valence-corrected chi connectivity index (χ2v) is 10.1. The van der Waals surface area contributed by atoms with Gasteiger partial charge >= 0.3 is 0 Å². The summed E-state index contributed by atoms with van der Waals surface area (Å²) >= 11 is 0. The number of rotatable bonds is 6. The summed E-state index contributed by atoms with van der Waals surface area (Å²) in [5.74, 6) is 1.38. The third-order valence-electron chi connectivity index (χ3n) is 5.99. The first-order chi connectivity index (χ1) is 12.9. The molecule has 0 bridgehead atoms. The molecule has 1 saturated heterocycles. The van der Waals surface area contributed by atoms with E-state index in [0.29, 0.717) is 16.7 Å². The molecule has 1 saturated carbocycles. The van der Waals surface area contributed by atoms with E-state index in [2.05, 4.69) is 6.08 Å². The van der Waals surface area contributed by atoms with Gasteiger partial charge in [0, 0.05) is 20.0 Å². The Balaban J connectivity index is 1.52. The van der Waals surface area contributed by atoms with Gasteiger partial charge in [-0.2, -0.15) is 0 Å². The van der Waals surface area contributed by atoms with Crippen molar-refractivity contribution in [3.8, 4) is 0 Å². The molecule has 3 rings (SSSR count). The maximum Gasteiger partial charge on any atom is 0.219 e. The molecule has 1 aliphatic heterocycles. The standard InChI is InChI=1S/C22H31NO3S/c1-18(24)23-14-12-21(13-15-23)17-20-8-10-22(11-9-20)27(25,26)16-4-7-19-5-2-3-6-19/h4,7-11,19,21H,2-3,5-6,12-17H2,1H3. The van der Waals surface area contributed by atoms with Crippen LogP contribution in [0.25, 0.3) is 0 Å². The highest BCUT2D eigenvalue weighted by Crippen LogP contribution is 2.26. The summed E-state index contributed by atoms with van der Waals surface area (Å²) < 4.78 is 25.0. The maximum absolute atomic E-state index is 12.5. The van der Waals surface area contributed by atoms with Crippen LogP contribution in [0.5, 0.6) is 0 Å². The fourth-order valence-corrected chi connectivity index (χ4v) is 5.35. The van der Waals surface area contributed by atoms with Gasteiger partial charge in [-0.15, -0.1) is 0 Å². The van der Waals surface area contributed by atoms with Crippen molar-refractivity contribution in [1.82, 2.24) is 4.90 Å². The molecule has 4 nitrogen and oxygen atoms in total. The molecule has 0 atom stereocenters. The van der Waals surface area contributed by atoms with Crippen LogP contribution in [0.3, 0.4) is 0 Å². The van der Waals surface area contributed by atoms with Crippen molar-refractivity contribution in [3.05, 3.63) is 42.0 Å². The van der Waals surface area contributed by atoms with Gasteiger partial charge in [-0.1, -0.05) is 37.1 Å². The number of hydrogen-bond acceptors (Lipinski definition) is 3. The monoisotopic (exact) mass is 389 g/mol. The van der Waals surface area contributed by atoms with Gasteiger partial charge in [0.2, 0.25) is 5.91 Å². The average Bonchev–Trinajstić information content (AvgIpc) is 3.16. The average molecular weight is 390 g/mol. The molecular formula is C22H31NO3S. The third kappa shape index (κ3) is 5.68. The Bertz CT molecular complexity index is 753. The highest BCUT2D eigenvalue weighted by Gasteiger charge is 2.21. The number of sulfone groups is 1. The van der Waals surface area contributed by atoms with Crippen molar-refractivity contribution in [1.29, 1.82) is 0 Å². The van der Waals surface area contributed by atoms with Gasteiger partial charge in [0.05, 0.1) is 10.6 Å². The van der Waals surface area contributed by atoms with Crippen LogP contribution in [-0.4, -0.2) is 38.1 Å². The predicted octanol–water partition coefficient (Wildman–Crippen LogP) is 4.01. The van der Waals surface area contributed by atoms with Gasteiger partial charge in [-0.3, -0.25) is 4.79 Å². The summed E-state index contributed by atoms with van der Waals surface area (Å²) in [4.78, 5) is 13.7. The second kappa shape index (κ2) is 9.05. The Labute approximate surface area is 163 Å². The number of nitrogens with zero attached hydrogens (tertiary/aromatic N) is 1. The van der Waals surface area contributed by atoms with Crippen molar-refractivity contribution >= 4 is 15.7 Å². The van der Waals surface area contributed by atoms with Crippen LogP contribution in [-0.2, 0) is 21.1 Å². The molecule has 1 heterocycles. The lowest BCUT2D eigenvalue weighted by Gasteiger charge is -2.31. The van der Waals surface area contributed by atoms with Crippen LogP contribution in [0.2, 0.25) is 0 Å². The highest BCUT2D eigenvalue weighted by atomic mass is 32.2. The van der Waals surface area contributed by atoms with E-state index < -0.39 is 9.84 Å². The Morgan fingerprint density at radius 2 is 1.70 bits per heavy atom. The van der Waals surface area contributed by atoms with E-state index in [0.717, 1.165) is 32.4 Å². The first-order valence-corrected chi connectivity index (χ1v) is 11.8. The van der Waals surface area contributed by atoms with Gasteiger partial charge in [0.25, 0.3) is 0 Å². The van der Waals surface area contributed by atoms with E-state index >= 15 is 0 Å². The lowest BCUT2D eigenvalue weighted by Crippen LogP contribution is -2.37. The van der Waals surface area contributed by atoms with E-state index in [1.165, 1.54) is 31.2 Å². The molecule has 148 valence electrons. The molecule has 2 fully saturated rings. The number of carbonyl (C=O) groups excluding carboxylic acids is 1. The molecule has 0 radical (unpaired) electrons. The number of allylic oxidation sites excluding steroid dienone is 1. The number of carbonyl (C=O) groups is 1. The quantitative estimate of drug-likeness (QED) is 0.691. The topological polar surface area (TPSA) is 54.5 Å². The zero-order valence-electron chi connectivity index (χ0n) is 16.3. The van der Waals surface area contributed by atoms with E-state index in [9.17, 15) is 13.2 Å². The third-order valence-corrected chi connectivity index (χ3v) is 7.61.